The van der Waals surface area contributed by atoms with E-state index in [0.717, 1.165) is 12.8 Å². The van der Waals surface area contributed by atoms with Crippen LogP contribution in [0.5, 0.6) is 0 Å². The van der Waals surface area contributed by atoms with Crippen LogP contribution in [0, 0.1) is 21.4 Å². The molecule has 2 fully saturated rings. The summed E-state index contributed by atoms with van der Waals surface area (Å²) in [5.74, 6) is -0.519. The summed E-state index contributed by atoms with van der Waals surface area (Å²) in [4.78, 5) is 29.4. The van der Waals surface area contributed by atoms with Gasteiger partial charge in [0.25, 0.3) is 4.96 Å². The van der Waals surface area contributed by atoms with E-state index in [1.54, 1.807) is 16.5 Å². The predicted octanol–water partition coefficient (Wildman–Crippen LogP) is 2.00. The summed E-state index contributed by atoms with van der Waals surface area (Å²) in [5, 5.41) is 22.8. The monoisotopic (exact) mass is 322 g/mol. The molecular weight excluding hydrogens is 308 g/mol. The molecule has 22 heavy (non-hydrogen) atoms. The van der Waals surface area contributed by atoms with E-state index in [0.29, 0.717) is 30.3 Å². The average Bonchev–Trinajstić information content (AvgIpc) is 3.14. The Labute approximate surface area is 129 Å². The molecule has 0 amide bonds. The number of aliphatic carboxylic acids is 1. The van der Waals surface area contributed by atoms with Crippen molar-refractivity contribution in [2.45, 2.75) is 19.3 Å². The standard InChI is InChI=1S/C13H14N4O4S/c18-11(19)13-3-1-2-8(13)6-15(7-13)9-10(17(20)21)16-4-5-22-12(16)14-9/h4-5,8H,1-3,6-7H2,(H,18,19)/t8-,13+/m0/s1. The number of carbonyl (C=O) groups is 1. The maximum Gasteiger partial charge on any atom is 0.373 e. The summed E-state index contributed by atoms with van der Waals surface area (Å²) in [6.45, 7) is 0.830. The van der Waals surface area contributed by atoms with Crippen molar-refractivity contribution in [1.82, 2.24) is 9.38 Å². The summed E-state index contributed by atoms with van der Waals surface area (Å²) in [5.41, 5.74) is -0.773. The minimum absolute atomic E-state index is 0.0457. The van der Waals surface area contributed by atoms with Crippen LogP contribution in [0.1, 0.15) is 19.3 Å². The van der Waals surface area contributed by atoms with Crippen LogP contribution in [0.25, 0.3) is 4.96 Å². The van der Waals surface area contributed by atoms with Crippen LogP contribution in [-0.4, -0.2) is 38.5 Å². The van der Waals surface area contributed by atoms with Crippen LogP contribution in [0.3, 0.4) is 0 Å². The lowest BCUT2D eigenvalue weighted by Gasteiger charge is -2.23. The van der Waals surface area contributed by atoms with Crippen molar-refractivity contribution in [2.24, 2.45) is 11.3 Å². The van der Waals surface area contributed by atoms with Crippen LogP contribution in [0.4, 0.5) is 11.6 Å². The molecule has 2 aromatic heterocycles. The lowest BCUT2D eigenvalue weighted by atomic mass is 9.81. The third kappa shape index (κ3) is 1.62. The minimum Gasteiger partial charge on any atom is -0.481 e. The van der Waals surface area contributed by atoms with Crippen molar-refractivity contribution in [3.05, 3.63) is 21.7 Å². The van der Waals surface area contributed by atoms with E-state index in [4.69, 9.17) is 0 Å². The molecule has 116 valence electrons. The Balaban J connectivity index is 1.78. The van der Waals surface area contributed by atoms with Gasteiger partial charge in [0.2, 0.25) is 5.82 Å². The number of imidazole rings is 1. The lowest BCUT2D eigenvalue weighted by molar-refractivity contribution is -0.389. The van der Waals surface area contributed by atoms with E-state index < -0.39 is 16.3 Å². The molecule has 1 saturated carbocycles. The first-order chi connectivity index (χ1) is 10.5. The number of fused-ring (bicyclic) bond motifs is 2. The van der Waals surface area contributed by atoms with Crippen molar-refractivity contribution < 1.29 is 14.8 Å². The highest BCUT2D eigenvalue weighted by Crippen LogP contribution is 2.50. The number of nitro groups is 1. The number of thiazole rings is 1. The van der Waals surface area contributed by atoms with Gasteiger partial charge in [0, 0.05) is 18.5 Å². The molecule has 4 rings (SSSR count). The first-order valence-corrected chi connectivity index (χ1v) is 7.99. The fourth-order valence-electron chi connectivity index (χ4n) is 3.94. The molecule has 1 N–H and O–H groups in total. The number of nitrogens with zero attached hydrogens (tertiary/aromatic N) is 4. The molecule has 0 spiro atoms. The zero-order valence-electron chi connectivity index (χ0n) is 11.6. The Morgan fingerprint density at radius 3 is 3.09 bits per heavy atom. The van der Waals surface area contributed by atoms with E-state index in [1.807, 2.05) is 0 Å². The van der Waals surface area contributed by atoms with Gasteiger partial charge < -0.3 is 20.1 Å². The highest BCUT2D eigenvalue weighted by atomic mass is 32.1. The molecule has 1 aliphatic heterocycles. The van der Waals surface area contributed by atoms with Crippen LogP contribution < -0.4 is 4.90 Å². The van der Waals surface area contributed by atoms with Gasteiger partial charge in [-0.15, -0.1) is 0 Å². The van der Waals surface area contributed by atoms with Crippen LogP contribution in [0.15, 0.2) is 11.6 Å². The Kier molecular flexibility index (Phi) is 2.71. The van der Waals surface area contributed by atoms with Gasteiger partial charge in [-0.05, 0) is 23.7 Å². The largest absolute Gasteiger partial charge is 0.481 e. The van der Waals surface area contributed by atoms with Crippen LogP contribution in [-0.2, 0) is 4.79 Å². The first-order valence-electron chi connectivity index (χ1n) is 7.11. The third-order valence-electron chi connectivity index (χ3n) is 4.99. The number of hydrogen-bond acceptors (Lipinski definition) is 6. The highest BCUT2D eigenvalue weighted by molar-refractivity contribution is 7.15. The second-order valence-electron chi connectivity index (χ2n) is 6.00. The summed E-state index contributed by atoms with van der Waals surface area (Å²) in [7, 11) is 0. The first kappa shape index (κ1) is 13.5. The molecule has 2 aromatic rings. The van der Waals surface area contributed by atoms with Gasteiger partial charge in [0.1, 0.15) is 6.20 Å². The van der Waals surface area contributed by atoms with E-state index in [9.17, 15) is 20.0 Å². The van der Waals surface area contributed by atoms with Gasteiger partial charge in [-0.25, -0.2) is 0 Å². The third-order valence-corrected chi connectivity index (χ3v) is 5.74. The highest BCUT2D eigenvalue weighted by Gasteiger charge is 2.56. The maximum atomic E-state index is 11.7. The minimum atomic E-state index is -0.791. The number of aromatic nitrogens is 2. The SMILES string of the molecule is O=C(O)[C@@]12CCC[C@H]1CN(c1nc3sccn3c1[N+](=O)[O-])C2. The fourth-order valence-corrected chi connectivity index (χ4v) is 4.65. The molecule has 8 nitrogen and oxygen atoms in total. The average molecular weight is 322 g/mol. The van der Waals surface area contributed by atoms with E-state index >= 15 is 0 Å². The molecule has 0 aromatic carbocycles. The van der Waals surface area contributed by atoms with Gasteiger partial charge in [-0.2, -0.15) is 9.38 Å². The second kappa shape index (κ2) is 4.42. The normalized spacial score (nSPS) is 27.5. The van der Waals surface area contributed by atoms with Crippen LogP contribution >= 0.6 is 11.3 Å². The van der Waals surface area contributed by atoms with E-state index in [-0.39, 0.29) is 11.7 Å². The van der Waals surface area contributed by atoms with Crippen LogP contribution in [0.2, 0.25) is 0 Å². The smallest absolute Gasteiger partial charge is 0.373 e. The summed E-state index contributed by atoms with van der Waals surface area (Å²) >= 11 is 1.33. The number of rotatable bonds is 3. The predicted molar refractivity (Wildman–Crippen MR) is 79.3 cm³/mol. The fraction of sp³-hybridized carbons (Fsp3) is 0.538. The summed E-state index contributed by atoms with van der Waals surface area (Å²) < 4.78 is 1.46. The molecule has 0 radical (unpaired) electrons. The summed E-state index contributed by atoms with van der Waals surface area (Å²) in [6, 6.07) is 0. The molecule has 2 aliphatic rings. The van der Waals surface area contributed by atoms with Crippen molar-refractivity contribution >= 4 is 33.9 Å². The quantitative estimate of drug-likeness (QED) is 0.685. The number of anilines is 1. The van der Waals surface area contributed by atoms with Crippen molar-refractivity contribution in [3.8, 4) is 0 Å². The number of carboxylic acid groups (broad SMARTS) is 1. The molecule has 9 heteroatoms. The lowest BCUT2D eigenvalue weighted by Crippen LogP contribution is -2.35. The molecule has 1 saturated heterocycles. The Morgan fingerprint density at radius 1 is 1.59 bits per heavy atom. The molecule has 0 bridgehead atoms. The van der Waals surface area contributed by atoms with Crippen molar-refractivity contribution in [3.63, 3.8) is 0 Å². The van der Waals surface area contributed by atoms with Gasteiger partial charge >= 0.3 is 11.8 Å². The van der Waals surface area contributed by atoms with Crippen molar-refractivity contribution in [1.29, 1.82) is 0 Å². The maximum absolute atomic E-state index is 11.7. The molecular formula is C13H14N4O4S. The topological polar surface area (TPSA) is 101 Å². The summed E-state index contributed by atoms with van der Waals surface area (Å²) in [6.07, 6.45) is 4.03. The molecule has 2 atom stereocenters. The van der Waals surface area contributed by atoms with E-state index in [2.05, 4.69) is 4.98 Å². The van der Waals surface area contributed by atoms with Gasteiger partial charge in [0.05, 0.1) is 5.41 Å². The molecule has 0 unspecified atom stereocenters. The van der Waals surface area contributed by atoms with Gasteiger partial charge in [0.15, 0.2) is 0 Å². The van der Waals surface area contributed by atoms with Gasteiger partial charge in [-0.3, -0.25) is 4.79 Å². The van der Waals surface area contributed by atoms with Crippen molar-refractivity contribution in [2.75, 3.05) is 18.0 Å². The zero-order valence-corrected chi connectivity index (χ0v) is 12.5. The Bertz CT molecular complexity index is 784. The van der Waals surface area contributed by atoms with E-state index in [1.165, 1.54) is 15.7 Å². The Morgan fingerprint density at radius 2 is 2.41 bits per heavy atom. The Hall–Kier alpha value is -2.16. The number of carboxylic acids is 1. The number of hydrogen-bond donors (Lipinski definition) is 1. The zero-order chi connectivity index (χ0) is 15.5. The second-order valence-corrected chi connectivity index (χ2v) is 6.88. The van der Waals surface area contributed by atoms with Gasteiger partial charge in [-0.1, -0.05) is 17.8 Å². The molecule has 1 aliphatic carbocycles. The molecule has 3 heterocycles.